The molecule has 0 saturated heterocycles. The first-order valence-electron chi connectivity index (χ1n) is 10.4. The van der Waals surface area contributed by atoms with Gasteiger partial charge in [0.25, 0.3) is 5.91 Å². The third-order valence-electron chi connectivity index (χ3n) is 5.26. The summed E-state index contributed by atoms with van der Waals surface area (Å²) < 4.78 is 16.4. The Morgan fingerprint density at radius 3 is 2.27 bits per heavy atom. The molecule has 0 bridgehead atoms. The smallest absolute Gasteiger partial charge is 0.258 e. The number of para-hydroxylation sites is 1. The third kappa shape index (κ3) is 4.47. The summed E-state index contributed by atoms with van der Waals surface area (Å²) >= 11 is 1.42. The summed E-state index contributed by atoms with van der Waals surface area (Å²) in [7, 11) is 4.68. The predicted molar refractivity (Wildman–Crippen MR) is 131 cm³/mol. The minimum absolute atomic E-state index is 0.244. The first kappa shape index (κ1) is 22.5. The lowest BCUT2D eigenvalue weighted by atomic mass is 10.0. The van der Waals surface area contributed by atoms with Crippen LogP contribution in [-0.4, -0.2) is 37.2 Å². The third-order valence-corrected chi connectivity index (χ3v) is 6.03. The molecule has 0 aliphatic rings. The average molecular weight is 464 g/mol. The molecule has 0 unspecified atom stereocenters. The molecule has 1 amide bonds. The van der Waals surface area contributed by atoms with E-state index in [2.05, 4.69) is 24.1 Å². The number of hydrogen-bond acceptors (Lipinski definition) is 7. The maximum Gasteiger partial charge on any atom is 0.258 e. The molecular formula is C25H25N3O4S. The van der Waals surface area contributed by atoms with E-state index >= 15 is 0 Å². The number of rotatable bonds is 7. The van der Waals surface area contributed by atoms with E-state index in [0.29, 0.717) is 45.1 Å². The highest BCUT2D eigenvalue weighted by Crippen LogP contribution is 2.41. The van der Waals surface area contributed by atoms with Crippen molar-refractivity contribution >= 4 is 33.3 Å². The van der Waals surface area contributed by atoms with Crippen molar-refractivity contribution in [3.63, 3.8) is 0 Å². The van der Waals surface area contributed by atoms with Crippen molar-refractivity contribution in [2.75, 3.05) is 26.6 Å². The van der Waals surface area contributed by atoms with Crippen molar-refractivity contribution in [2.45, 2.75) is 19.8 Å². The second-order valence-corrected chi connectivity index (χ2v) is 8.53. The molecule has 4 rings (SSSR count). The number of benzene rings is 2. The predicted octanol–water partition coefficient (Wildman–Crippen LogP) is 5.76. The molecule has 0 saturated carbocycles. The molecule has 0 atom stereocenters. The van der Waals surface area contributed by atoms with Crippen LogP contribution in [0.4, 0.5) is 5.13 Å². The van der Waals surface area contributed by atoms with Crippen LogP contribution in [0.5, 0.6) is 17.2 Å². The molecule has 0 fully saturated rings. The lowest BCUT2D eigenvalue weighted by molar-refractivity contribution is 0.102. The monoisotopic (exact) mass is 463 g/mol. The fraction of sp³-hybridized carbons (Fsp3) is 0.240. The molecule has 4 aromatic rings. The standard InChI is InChI=1S/C25H25N3O4S/c1-14(2)20-13-33-25(27-20)28-24(29)17-12-19(26-18-9-7-6-8-16(17)18)15-10-21(30-3)23(32-5)22(11-15)31-4/h6-14H,1-5H3,(H,27,28,29). The van der Waals surface area contributed by atoms with Crippen LogP contribution >= 0.6 is 11.3 Å². The number of fused-ring (bicyclic) bond motifs is 1. The fourth-order valence-corrected chi connectivity index (χ4v) is 4.38. The molecule has 7 nitrogen and oxygen atoms in total. The Labute approximate surface area is 196 Å². The summed E-state index contributed by atoms with van der Waals surface area (Å²) in [6.07, 6.45) is 0. The number of ether oxygens (including phenoxy) is 3. The molecular weight excluding hydrogens is 438 g/mol. The molecule has 8 heteroatoms. The van der Waals surface area contributed by atoms with E-state index in [1.54, 1.807) is 27.4 Å². The number of pyridine rings is 1. The molecule has 2 aromatic carbocycles. The van der Waals surface area contributed by atoms with Crippen LogP contribution in [0.25, 0.3) is 22.2 Å². The zero-order valence-corrected chi connectivity index (χ0v) is 19.9. The maximum absolute atomic E-state index is 13.3. The number of hydrogen-bond donors (Lipinski definition) is 1. The molecule has 0 aliphatic carbocycles. The van der Waals surface area contributed by atoms with Gasteiger partial charge in [-0.15, -0.1) is 11.3 Å². The van der Waals surface area contributed by atoms with E-state index < -0.39 is 0 Å². The molecule has 170 valence electrons. The Balaban J connectivity index is 1.81. The first-order valence-corrected chi connectivity index (χ1v) is 11.3. The van der Waals surface area contributed by atoms with Crippen molar-refractivity contribution in [1.29, 1.82) is 0 Å². The number of nitrogens with zero attached hydrogens (tertiary/aromatic N) is 2. The lowest BCUT2D eigenvalue weighted by Gasteiger charge is -2.15. The number of carbonyl (C=O) groups is 1. The van der Waals surface area contributed by atoms with Gasteiger partial charge in [-0.2, -0.15) is 0 Å². The van der Waals surface area contributed by atoms with Crippen LogP contribution < -0.4 is 19.5 Å². The molecule has 0 spiro atoms. The Morgan fingerprint density at radius 1 is 0.970 bits per heavy atom. The highest BCUT2D eigenvalue weighted by atomic mass is 32.1. The van der Waals surface area contributed by atoms with Gasteiger partial charge in [-0.3, -0.25) is 10.1 Å². The van der Waals surface area contributed by atoms with Gasteiger partial charge in [0, 0.05) is 16.3 Å². The normalized spacial score (nSPS) is 11.0. The van der Waals surface area contributed by atoms with Crippen molar-refractivity contribution in [2.24, 2.45) is 0 Å². The van der Waals surface area contributed by atoms with Crippen LogP contribution in [0.2, 0.25) is 0 Å². The SMILES string of the molecule is COc1cc(-c2cc(C(=O)Nc3nc(C(C)C)cs3)c3ccccc3n2)cc(OC)c1OC. The van der Waals surface area contributed by atoms with Crippen LogP contribution in [0.1, 0.15) is 35.8 Å². The zero-order chi connectivity index (χ0) is 23.5. The van der Waals surface area contributed by atoms with Gasteiger partial charge in [0.2, 0.25) is 5.75 Å². The van der Waals surface area contributed by atoms with Crippen LogP contribution in [0, 0.1) is 0 Å². The van der Waals surface area contributed by atoms with E-state index in [0.717, 1.165) is 16.6 Å². The number of methoxy groups -OCH3 is 3. The minimum Gasteiger partial charge on any atom is -0.493 e. The number of aromatic nitrogens is 2. The van der Waals surface area contributed by atoms with Gasteiger partial charge in [0.05, 0.1) is 43.8 Å². The summed E-state index contributed by atoms with van der Waals surface area (Å²) in [5.41, 5.74) is 3.51. The number of thiazole rings is 1. The van der Waals surface area contributed by atoms with E-state index in [1.807, 2.05) is 41.8 Å². The fourth-order valence-electron chi connectivity index (χ4n) is 3.51. The molecule has 0 radical (unpaired) electrons. The van der Waals surface area contributed by atoms with Crippen LogP contribution in [0.15, 0.2) is 47.8 Å². The summed E-state index contributed by atoms with van der Waals surface area (Å²) in [6, 6.07) is 13.0. The summed E-state index contributed by atoms with van der Waals surface area (Å²) in [5, 5.41) is 6.23. The van der Waals surface area contributed by atoms with Gasteiger partial charge < -0.3 is 14.2 Å². The van der Waals surface area contributed by atoms with E-state index in [-0.39, 0.29) is 5.91 Å². The lowest BCUT2D eigenvalue weighted by Crippen LogP contribution is -2.13. The first-order chi connectivity index (χ1) is 15.9. The highest BCUT2D eigenvalue weighted by Gasteiger charge is 2.19. The van der Waals surface area contributed by atoms with Crippen molar-refractivity contribution in [3.8, 4) is 28.5 Å². The number of nitrogens with one attached hydrogen (secondary N) is 1. The minimum atomic E-state index is -0.244. The van der Waals surface area contributed by atoms with Gasteiger partial charge >= 0.3 is 0 Å². The van der Waals surface area contributed by atoms with E-state index in [4.69, 9.17) is 19.2 Å². The molecule has 2 aromatic heterocycles. The topological polar surface area (TPSA) is 82.6 Å². The highest BCUT2D eigenvalue weighted by molar-refractivity contribution is 7.14. The number of carbonyl (C=O) groups excluding carboxylic acids is 1. The Morgan fingerprint density at radius 2 is 1.67 bits per heavy atom. The van der Waals surface area contributed by atoms with Crippen molar-refractivity contribution in [3.05, 3.63) is 59.1 Å². The van der Waals surface area contributed by atoms with Crippen LogP contribution in [0.3, 0.4) is 0 Å². The van der Waals surface area contributed by atoms with Crippen molar-refractivity contribution in [1.82, 2.24) is 9.97 Å². The summed E-state index contributed by atoms with van der Waals surface area (Å²) in [6.45, 7) is 4.14. The zero-order valence-electron chi connectivity index (χ0n) is 19.1. The Kier molecular flexibility index (Phi) is 6.46. The van der Waals surface area contributed by atoms with Gasteiger partial charge in [0.1, 0.15) is 0 Å². The Bertz CT molecular complexity index is 1290. The average Bonchev–Trinajstić information content (AvgIpc) is 3.31. The van der Waals surface area contributed by atoms with Crippen LogP contribution in [-0.2, 0) is 0 Å². The number of anilines is 1. The van der Waals surface area contributed by atoms with Gasteiger partial charge in [-0.05, 0) is 30.2 Å². The Hall–Kier alpha value is -3.65. The van der Waals surface area contributed by atoms with E-state index in [1.165, 1.54) is 11.3 Å². The molecule has 1 N–H and O–H groups in total. The summed E-state index contributed by atoms with van der Waals surface area (Å²) in [5.74, 6) is 1.56. The second-order valence-electron chi connectivity index (χ2n) is 7.67. The second kappa shape index (κ2) is 9.46. The summed E-state index contributed by atoms with van der Waals surface area (Å²) in [4.78, 5) is 22.6. The molecule has 33 heavy (non-hydrogen) atoms. The van der Waals surface area contributed by atoms with Gasteiger partial charge in [-0.25, -0.2) is 9.97 Å². The molecule has 2 heterocycles. The molecule has 0 aliphatic heterocycles. The number of amides is 1. The largest absolute Gasteiger partial charge is 0.493 e. The van der Waals surface area contributed by atoms with Gasteiger partial charge in [0.15, 0.2) is 16.6 Å². The van der Waals surface area contributed by atoms with Gasteiger partial charge in [-0.1, -0.05) is 32.0 Å². The van der Waals surface area contributed by atoms with E-state index in [9.17, 15) is 4.79 Å². The maximum atomic E-state index is 13.3. The quantitative estimate of drug-likeness (QED) is 0.375. The van der Waals surface area contributed by atoms with Crippen molar-refractivity contribution < 1.29 is 19.0 Å².